The molecule has 0 saturated carbocycles. The molecule has 0 radical (unpaired) electrons. The molecule has 0 aliphatic carbocycles. The molecular weight excluding hydrogens is 448 g/mol. The van der Waals surface area contributed by atoms with Gasteiger partial charge in [-0.05, 0) is 38.1 Å². The van der Waals surface area contributed by atoms with Crippen LogP contribution in [0.25, 0.3) is 5.76 Å². The number of hydrogen-bond acceptors (Lipinski definition) is 9. The monoisotopic (exact) mass is 468 g/mol. The topological polar surface area (TPSA) is 119 Å². The summed E-state index contributed by atoms with van der Waals surface area (Å²) in [6, 6.07) is 8.72. The quantitative estimate of drug-likeness (QED) is 0.260. The van der Waals surface area contributed by atoms with Crippen LogP contribution in [-0.2, 0) is 14.3 Å². The Morgan fingerprint density at radius 1 is 1.18 bits per heavy atom. The Morgan fingerprint density at radius 2 is 1.94 bits per heavy atom. The molecule has 0 bridgehead atoms. The number of aryl methyl sites for hydroxylation is 2. The second kappa shape index (κ2) is 8.55. The van der Waals surface area contributed by atoms with Crippen molar-refractivity contribution < 1.29 is 33.4 Å². The summed E-state index contributed by atoms with van der Waals surface area (Å²) in [5.74, 6) is -1.49. The molecule has 9 nitrogen and oxygen atoms in total. The smallest absolute Gasteiger partial charge is 0.350 e. The minimum Gasteiger partial charge on any atom is -0.507 e. The van der Waals surface area contributed by atoms with Crippen LogP contribution in [0.1, 0.15) is 38.5 Å². The van der Waals surface area contributed by atoms with Gasteiger partial charge in [-0.2, -0.15) is 0 Å². The van der Waals surface area contributed by atoms with Crippen molar-refractivity contribution in [1.82, 2.24) is 4.98 Å². The lowest BCUT2D eigenvalue weighted by atomic mass is 9.99. The lowest BCUT2D eigenvalue weighted by Crippen LogP contribution is -2.29. The van der Waals surface area contributed by atoms with Gasteiger partial charge in [0.05, 0.1) is 25.5 Å². The molecule has 170 valence electrons. The van der Waals surface area contributed by atoms with E-state index in [4.69, 9.17) is 13.9 Å². The second-order valence-corrected chi connectivity index (χ2v) is 8.23. The SMILES string of the molecule is COC(=O)c1sc(N2C(=O)C(=O)C(=C(O)c3cccc(OC)c3)[C@H]2c2ccc(C)o2)nc1C. The van der Waals surface area contributed by atoms with E-state index in [1.165, 1.54) is 14.2 Å². The summed E-state index contributed by atoms with van der Waals surface area (Å²) in [5.41, 5.74) is 0.493. The Kier molecular flexibility index (Phi) is 5.77. The number of aliphatic hydroxyl groups is 1. The fourth-order valence-corrected chi connectivity index (χ4v) is 4.60. The second-order valence-electron chi connectivity index (χ2n) is 7.25. The van der Waals surface area contributed by atoms with Gasteiger partial charge in [0, 0.05) is 5.56 Å². The van der Waals surface area contributed by atoms with Crippen molar-refractivity contribution in [3.05, 3.63) is 69.6 Å². The van der Waals surface area contributed by atoms with Gasteiger partial charge < -0.3 is 19.0 Å². The predicted molar refractivity (Wildman–Crippen MR) is 119 cm³/mol. The van der Waals surface area contributed by atoms with Crippen LogP contribution >= 0.6 is 11.3 Å². The van der Waals surface area contributed by atoms with Crippen LogP contribution in [0.3, 0.4) is 0 Å². The first kappa shape index (κ1) is 22.3. The maximum Gasteiger partial charge on any atom is 0.350 e. The van der Waals surface area contributed by atoms with Crippen molar-refractivity contribution in [3.8, 4) is 5.75 Å². The fourth-order valence-electron chi connectivity index (χ4n) is 3.59. The van der Waals surface area contributed by atoms with Crippen LogP contribution in [0.5, 0.6) is 5.75 Å². The number of methoxy groups -OCH3 is 2. The van der Waals surface area contributed by atoms with Crippen molar-refractivity contribution in [2.75, 3.05) is 19.1 Å². The first-order valence-electron chi connectivity index (χ1n) is 9.84. The molecule has 1 N–H and O–H groups in total. The molecule has 1 atom stereocenters. The van der Waals surface area contributed by atoms with Crippen molar-refractivity contribution in [3.63, 3.8) is 0 Å². The zero-order chi connectivity index (χ0) is 23.9. The van der Waals surface area contributed by atoms with Gasteiger partial charge in [-0.1, -0.05) is 23.5 Å². The van der Waals surface area contributed by atoms with Gasteiger partial charge in [0.2, 0.25) is 0 Å². The summed E-state index contributed by atoms with van der Waals surface area (Å²) in [5, 5.41) is 11.2. The van der Waals surface area contributed by atoms with Gasteiger partial charge >= 0.3 is 11.9 Å². The highest BCUT2D eigenvalue weighted by Gasteiger charge is 2.50. The normalized spacial score (nSPS) is 17.5. The molecule has 10 heteroatoms. The molecule has 1 aromatic carbocycles. The number of amides is 1. The molecule has 1 amide bonds. The highest BCUT2D eigenvalue weighted by molar-refractivity contribution is 7.17. The molecule has 3 aromatic rings. The Labute approximate surface area is 192 Å². The number of hydrogen-bond donors (Lipinski definition) is 1. The number of carbonyl (C=O) groups excluding carboxylic acids is 3. The molecule has 1 aliphatic heterocycles. The highest BCUT2D eigenvalue weighted by Crippen LogP contribution is 2.44. The minimum absolute atomic E-state index is 0.110. The number of ketones is 1. The molecule has 3 heterocycles. The molecule has 4 rings (SSSR count). The predicted octanol–water partition coefficient (Wildman–Crippen LogP) is 3.77. The number of esters is 1. The first-order valence-corrected chi connectivity index (χ1v) is 10.7. The molecule has 0 spiro atoms. The number of rotatable bonds is 5. The summed E-state index contributed by atoms with van der Waals surface area (Å²) < 4.78 is 15.7. The average Bonchev–Trinajstić information content (AvgIpc) is 3.48. The Hall–Kier alpha value is -3.92. The number of benzene rings is 1. The maximum absolute atomic E-state index is 13.1. The lowest BCUT2D eigenvalue weighted by molar-refractivity contribution is -0.132. The number of furan rings is 1. The molecule has 1 saturated heterocycles. The summed E-state index contributed by atoms with van der Waals surface area (Å²) in [6.45, 7) is 3.33. The van der Waals surface area contributed by atoms with Crippen LogP contribution in [0.15, 0.2) is 46.4 Å². The van der Waals surface area contributed by atoms with E-state index < -0.39 is 23.7 Å². The van der Waals surface area contributed by atoms with Crippen LogP contribution in [0.4, 0.5) is 5.13 Å². The van der Waals surface area contributed by atoms with Crippen LogP contribution < -0.4 is 9.64 Å². The molecule has 0 unspecified atom stereocenters. The van der Waals surface area contributed by atoms with E-state index in [9.17, 15) is 19.5 Å². The fraction of sp³-hybridized carbons (Fsp3) is 0.217. The van der Waals surface area contributed by atoms with Gasteiger partial charge in [0.25, 0.3) is 5.78 Å². The summed E-state index contributed by atoms with van der Waals surface area (Å²) >= 11 is 0.917. The maximum atomic E-state index is 13.1. The summed E-state index contributed by atoms with van der Waals surface area (Å²) in [7, 11) is 2.72. The molecule has 2 aromatic heterocycles. The number of ether oxygens (including phenoxy) is 2. The first-order chi connectivity index (χ1) is 15.8. The number of Topliss-reactive ketones (excluding diaryl/α,β-unsaturated/α-hetero) is 1. The zero-order valence-corrected chi connectivity index (χ0v) is 19.1. The van der Waals surface area contributed by atoms with Crippen molar-refractivity contribution >= 4 is 39.9 Å². The van der Waals surface area contributed by atoms with Crippen molar-refractivity contribution in [2.24, 2.45) is 0 Å². The molecular formula is C23H20N2O7S. The third kappa shape index (κ3) is 3.78. The number of carbonyl (C=O) groups is 3. The number of nitrogens with zero attached hydrogens (tertiary/aromatic N) is 2. The van der Waals surface area contributed by atoms with Crippen molar-refractivity contribution in [2.45, 2.75) is 19.9 Å². The lowest BCUT2D eigenvalue weighted by Gasteiger charge is -2.20. The number of thiazole rings is 1. The van der Waals surface area contributed by atoms with E-state index >= 15 is 0 Å². The largest absolute Gasteiger partial charge is 0.507 e. The van der Waals surface area contributed by atoms with Gasteiger partial charge in [0.1, 0.15) is 33.9 Å². The minimum atomic E-state index is -1.08. The highest BCUT2D eigenvalue weighted by atomic mass is 32.1. The van der Waals surface area contributed by atoms with Gasteiger partial charge in [-0.25, -0.2) is 9.78 Å². The van der Waals surface area contributed by atoms with Crippen LogP contribution in [-0.4, -0.2) is 42.0 Å². The molecule has 1 fully saturated rings. The van der Waals surface area contributed by atoms with Crippen LogP contribution in [0.2, 0.25) is 0 Å². The number of aromatic nitrogens is 1. The number of aliphatic hydroxyl groups excluding tert-OH is 1. The Morgan fingerprint density at radius 3 is 2.58 bits per heavy atom. The third-order valence-electron chi connectivity index (χ3n) is 5.18. The van der Waals surface area contributed by atoms with Gasteiger partial charge in [0.15, 0.2) is 5.13 Å². The van der Waals surface area contributed by atoms with E-state index in [2.05, 4.69) is 4.98 Å². The summed E-state index contributed by atoms with van der Waals surface area (Å²) in [4.78, 5) is 44.0. The zero-order valence-electron chi connectivity index (χ0n) is 18.2. The Balaban J connectivity index is 1.92. The molecule has 33 heavy (non-hydrogen) atoms. The average molecular weight is 468 g/mol. The van der Waals surface area contributed by atoms with E-state index in [1.807, 2.05) is 0 Å². The van der Waals surface area contributed by atoms with Gasteiger partial charge in [-0.15, -0.1) is 0 Å². The molecule has 1 aliphatic rings. The number of anilines is 1. The Bertz CT molecular complexity index is 1300. The van der Waals surface area contributed by atoms with Gasteiger partial charge in [-0.3, -0.25) is 14.5 Å². The van der Waals surface area contributed by atoms with E-state index in [-0.39, 0.29) is 27.1 Å². The van der Waals surface area contributed by atoms with Crippen LogP contribution in [0, 0.1) is 13.8 Å². The summed E-state index contributed by atoms with van der Waals surface area (Å²) in [6.07, 6.45) is 0. The third-order valence-corrected chi connectivity index (χ3v) is 6.32. The van der Waals surface area contributed by atoms with E-state index in [0.29, 0.717) is 22.8 Å². The van der Waals surface area contributed by atoms with E-state index in [0.717, 1.165) is 16.2 Å². The van der Waals surface area contributed by atoms with Crippen molar-refractivity contribution in [1.29, 1.82) is 0 Å². The van der Waals surface area contributed by atoms with E-state index in [1.54, 1.807) is 50.2 Å². The standard InChI is InChI=1S/C23H20N2O7S/c1-11-8-9-15(32-11)17-16(18(26)13-6-5-7-14(10-13)30-3)19(27)21(28)25(17)23-24-12(2)20(33-23)22(29)31-4/h5-10,17,26H,1-4H3/t17-/m1/s1.